The fourth-order valence-corrected chi connectivity index (χ4v) is 3.72. The Labute approximate surface area is 213 Å². The molecule has 0 bridgehead atoms. The molecule has 2 unspecified atom stereocenters. The van der Waals surface area contributed by atoms with Gasteiger partial charge in [-0.2, -0.15) is 0 Å². The van der Waals surface area contributed by atoms with E-state index in [4.69, 9.17) is 22.1 Å². The van der Waals surface area contributed by atoms with Gasteiger partial charge in [0, 0.05) is 21.8 Å². The Morgan fingerprint density at radius 3 is 2.11 bits per heavy atom. The molecule has 0 aliphatic carbocycles. The van der Waals surface area contributed by atoms with Crippen LogP contribution < -0.4 is 16.4 Å². The maximum Gasteiger partial charge on any atom is 0.330 e. The van der Waals surface area contributed by atoms with E-state index in [0.29, 0.717) is 16.3 Å². The molecule has 0 saturated heterocycles. The van der Waals surface area contributed by atoms with Crippen molar-refractivity contribution >= 4 is 41.0 Å². The number of anilines is 1. The monoisotopic (exact) mass is 507 g/mol. The third-order valence-electron chi connectivity index (χ3n) is 5.17. The van der Waals surface area contributed by atoms with E-state index in [1.165, 1.54) is 24.3 Å². The van der Waals surface area contributed by atoms with E-state index in [-0.39, 0.29) is 5.56 Å². The van der Waals surface area contributed by atoms with Crippen LogP contribution in [0.3, 0.4) is 0 Å². The summed E-state index contributed by atoms with van der Waals surface area (Å²) in [6, 6.07) is 18.5. The van der Waals surface area contributed by atoms with Gasteiger partial charge in [-0.3, -0.25) is 14.4 Å². The van der Waals surface area contributed by atoms with E-state index in [9.17, 15) is 19.2 Å². The van der Waals surface area contributed by atoms with Crippen molar-refractivity contribution in [2.45, 2.75) is 32.4 Å². The van der Waals surface area contributed by atoms with Gasteiger partial charge in [0.15, 0.2) is 0 Å². The van der Waals surface area contributed by atoms with Crippen LogP contribution in [0, 0.1) is 13.8 Å². The summed E-state index contributed by atoms with van der Waals surface area (Å²) in [5, 5.41) is 5.66. The minimum atomic E-state index is -1.41. The fraction of sp³-hybridized carbons (Fsp3) is 0.185. The molecule has 36 heavy (non-hydrogen) atoms. The molecule has 0 aliphatic rings. The lowest BCUT2D eigenvalue weighted by molar-refractivity contribution is -0.157. The minimum Gasteiger partial charge on any atom is -0.446 e. The fourth-order valence-electron chi connectivity index (χ4n) is 3.59. The third-order valence-corrected chi connectivity index (χ3v) is 5.42. The van der Waals surface area contributed by atoms with Gasteiger partial charge >= 0.3 is 5.97 Å². The second kappa shape index (κ2) is 12.0. The van der Waals surface area contributed by atoms with Gasteiger partial charge in [-0.1, -0.05) is 48.0 Å². The van der Waals surface area contributed by atoms with E-state index >= 15 is 0 Å². The summed E-state index contributed by atoms with van der Waals surface area (Å²) in [7, 11) is 0. The molecule has 186 valence electrons. The largest absolute Gasteiger partial charge is 0.446 e. The molecule has 3 amide bonds. The van der Waals surface area contributed by atoms with Crippen molar-refractivity contribution in [1.29, 1.82) is 0 Å². The van der Waals surface area contributed by atoms with Crippen molar-refractivity contribution in [1.82, 2.24) is 5.32 Å². The number of nitrogens with two attached hydrogens (primary N) is 1. The lowest BCUT2D eigenvalue weighted by Crippen LogP contribution is -2.45. The minimum absolute atomic E-state index is 0.217. The number of esters is 1. The van der Waals surface area contributed by atoms with Gasteiger partial charge in [0.1, 0.15) is 6.04 Å². The van der Waals surface area contributed by atoms with Crippen molar-refractivity contribution in [2.24, 2.45) is 5.73 Å². The first-order valence-corrected chi connectivity index (χ1v) is 11.5. The number of nitrogens with one attached hydrogen (secondary N) is 2. The van der Waals surface area contributed by atoms with Gasteiger partial charge in [-0.15, -0.1) is 0 Å². The highest BCUT2D eigenvalue weighted by Crippen LogP contribution is 2.22. The van der Waals surface area contributed by atoms with Crippen LogP contribution in [0.1, 0.15) is 39.6 Å². The van der Waals surface area contributed by atoms with Crippen LogP contribution in [0.15, 0.2) is 72.8 Å². The molecule has 4 N–H and O–H groups in total. The van der Waals surface area contributed by atoms with Crippen LogP contribution in [-0.2, 0) is 19.1 Å². The zero-order valence-corrected chi connectivity index (χ0v) is 20.5. The number of primary amides is 1. The Hall–Kier alpha value is -4.17. The Morgan fingerprint density at radius 2 is 1.53 bits per heavy atom. The molecule has 0 fully saturated rings. The highest BCUT2D eigenvalue weighted by Gasteiger charge is 2.31. The zero-order valence-electron chi connectivity index (χ0n) is 19.8. The molecule has 0 aliphatic heterocycles. The average Bonchev–Trinajstić information content (AvgIpc) is 2.81. The topological polar surface area (TPSA) is 128 Å². The van der Waals surface area contributed by atoms with Crippen molar-refractivity contribution in [2.75, 3.05) is 5.32 Å². The van der Waals surface area contributed by atoms with Gasteiger partial charge in [0.25, 0.3) is 11.8 Å². The van der Waals surface area contributed by atoms with Gasteiger partial charge in [-0.25, -0.2) is 4.79 Å². The molecular weight excluding hydrogens is 482 g/mol. The van der Waals surface area contributed by atoms with E-state index in [2.05, 4.69) is 10.6 Å². The van der Waals surface area contributed by atoms with Crippen molar-refractivity contribution in [3.63, 3.8) is 0 Å². The molecular formula is C27H26ClN3O5. The summed E-state index contributed by atoms with van der Waals surface area (Å²) < 4.78 is 5.56. The summed E-state index contributed by atoms with van der Waals surface area (Å²) in [6.45, 7) is 3.80. The van der Waals surface area contributed by atoms with E-state index < -0.39 is 42.3 Å². The Kier molecular flexibility index (Phi) is 8.81. The number of ether oxygens (including phenoxy) is 1. The van der Waals surface area contributed by atoms with Gasteiger partial charge < -0.3 is 21.1 Å². The quantitative estimate of drug-likeness (QED) is 0.379. The molecule has 3 aromatic carbocycles. The number of amides is 3. The lowest BCUT2D eigenvalue weighted by Gasteiger charge is -2.22. The molecule has 0 aromatic heterocycles. The third kappa shape index (κ3) is 7.41. The predicted molar refractivity (Wildman–Crippen MR) is 136 cm³/mol. The van der Waals surface area contributed by atoms with Gasteiger partial charge in [-0.05, 0) is 61.4 Å². The maximum atomic E-state index is 13.2. The van der Waals surface area contributed by atoms with Crippen molar-refractivity contribution in [3.8, 4) is 0 Å². The summed E-state index contributed by atoms with van der Waals surface area (Å²) in [5.74, 6) is -3.04. The van der Waals surface area contributed by atoms with Gasteiger partial charge in [0.05, 0.1) is 6.42 Å². The first kappa shape index (κ1) is 26.4. The van der Waals surface area contributed by atoms with E-state index in [1.807, 2.05) is 19.9 Å². The molecule has 0 heterocycles. The molecule has 9 heteroatoms. The number of rotatable bonds is 9. The second-order valence-corrected chi connectivity index (χ2v) is 8.73. The molecule has 8 nitrogen and oxygen atoms in total. The maximum absolute atomic E-state index is 13.2. The van der Waals surface area contributed by atoms with Crippen LogP contribution in [0.25, 0.3) is 0 Å². The highest BCUT2D eigenvalue weighted by molar-refractivity contribution is 6.30. The number of benzene rings is 3. The Morgan fingerprint density at radius 1 is 0.917 bits per heavy atom. The highest BCUT2D eigenvalue weighted by atomic mass is 35.5. The number of hydrogen-bond donors (Lipinski definition) is 3. The zero-order chi connectivity index (χ0) is 26.2. The second-order valence-electron chi connectivity index (χ2n) is 8.30. The summed E-state index contributed by atoms with van der Waals surface area (Å²) >= 11 is 5.86. The van der Waals surface area contributed by atoms with Crippen molar-refractivity contribution < 1.29 is 23.9 Å². The van der Waals surface area contributed by atoms with Gasteiger partial charge in [0.2, 0.25) is 12.0 Å². The first-order chi connectivity index (χ1) is 17.1. The van der Waals surface area contributed by atoms with Crippen LogP contribution >= 0.6 is 11.6 Å². The summed E-state index contributed by atoms with van der Waals surface area (Å²) in [6.07, 6.45) is -1.86. The number of aryl methyl sites for hydroxylation is 2. The molecule has 0 radical (unpaired) electrons. The Balaban J connectivity index is 1.83. The van der Waals surface area contributed by atoms with Crippen LogP contribution in [0.2, 0.25) is 5.02 Å². The number of carbonyl (C=O) groups excluding carboxylic acids is 4. The SMILES string of the molecule is Cc1cc(C)cc(NC(=O)C(OC(=O)C(CC(N)=O)NC(=O)c2ccc(Cl)cc2)c2ccccc2)c1. The Bertz CT molecular complexity index is 1240. The van der Waals surface area contributed by atoms with Crippen LogP contribution in [-0.4, -0.2) is 29.7 Å². The summed E-state index contributed by atoms with van der Waals surface area (Å²) in [4.78, 5) is 50.6. The first-order valence-electron chi connectivity index (χ1n) is 11.1. The molecule has 0 spiro atoms. The molecule has 3 rings (SSSR count). The molecule has 0 saturated carbocycles. The van der Waals surface area contributed by atoms with Crippen molar-refractivity contribution in [3.05, 3.63) is 100 Å². The van der Waals surface area contributed by atoms with E-state index in [1.54, 1.807) is 42.5 Å². The molecule has 2 atom stereocenters. The standard InChI is InChI=1S/C27H26ClN3O5/c1-16-12-17(2)14-21(13-16)30-26(34)24(18-6-4-3-5-7-18)36-27(35)22(15-23(29)32)31-25(33)19-8-10-20(28)11-9-19/h3-14,22,24H,15H2,1-2H3,(H2,29,32)(H,30,34)(H,31,33). The number of carbonyl (C=O) groups is 4. The lowest BCUT2D eigenvalue weighted by atomic mass is 10.1. The van der Waals surface area contributed by atoms with Crippen LogP contribution in [0.4, 0.5) is 5.69 Å². The average molecular weight is 508 g/mol. The van der Waals surface area contributed by atoms with E-state index in [0.717, 1.165) is 11.1 Å². The number of halogens is 1. The molecule has 3 aromatic rings. The predicted octanol–water partition coefficient (Wildman–Crippen LogP) is 3.85. The smallest absolute Gasteiger partial charge is 0.330 e. The number of hydrogen-bond acceptors (Lipinski definition) is 5. The normalized spacial score (nSPS) is 12.2. The summed E-state index contributed by atoms with van der Waals surface area (Å²) in [5.41, 5.74) is 8.37. The van der Waals surface area contributed by atoms with Crippen LogP contribution in [0.5, 0.6) is 0 Å².